The maximum absolute atomic E-state index is 10.1. The molecule has 4 nitrogen and oxygen atoms in total. The van der Waals surface area contributed by atoms with E-state index in [0.29, 0.717) is 12.8 Å². The molecule has 0 bridgehead atoms. The van der Waals surface area contributed by atoms with Crippen molar-refractivity contribution in [3.63, 3.8) is 0 Å². The summed E-state index contributed by atoms with van der Waals surface area (Å²) < 4.78 is 0. The molecule has 3 N–H and O–H groups in total. The largest absolute Gasteiger partial charge is 1.00 e. The van der Waals surface area contributed by atoms with Gasteiger partial charge in [-0.25, -0.2) is 4.79 Å². The number of aliphatic carboxylic acids is 1. The summed E-state index contributed by atoms with van der Waals surface area (Å²) in [5.74, 6) is -1.17. The maximum atomic E-state index is 10.1. The summed E-state index contributed by atoms with van der Waals surface area (Å²) in [6.07, 6.45) is 1.12. The molecular weight excluding hydrogens is 171 g/mol. The molecule has 0 aliphatic rings. The Morgan fingerprint density at radius 2 is 1.92 bits per heavy atom. The minimum atomic E-state index is -1.24. The van der Waals surface area contributed by atoms with E-state index < -0.39 is 12.1 Å². The summed E-state index contributed by atoms with van der Waals surface area (Å²) in [6.45, 7) is 0.128. The van der Waals surface area contributed by atoms with E-state index in [1.165, 1.54) is 0 Å². The topological polar surface area (TPSA) is 77.8 Å². The Kier molecular flexibility index (Phi) is 11.8. The van der Waals surface area contributed by atoms with Gasteiger partial charge in [-0.05, 0) is 12.8 Å². The zero-order valence-corrected chi connectivity index (χ0v) is 9.36. The Labute approximate surface area is 95.4 Å². The first-order valence-electron chi connectivity index (χ1n) is 3.70. The summed E-state index contributed by atoms with van der Waals surface area (Å²) in [5.41, 5.74) is 0. The van der Waals surface area contributed by atoms with E-state index >= 15 is 0 Å². The molecule has 0 saturated heterocycles. The third-order valence-electron chi connectivity index (χ3n) is 1.42. The molecule has 0 heterocycles. The summed E-state index contributed by atoms with van der Waals surface area (Å²) in [6, 6.07) is 0. The van der Waals surface area contributed by atoms with Crippen LogP contribution in [0.4, 0.5) is 0 Å². The fourth-order valence-electron chi connectivity index (χ4n) is 0.750. The number of carboxylic acid groups (broad SMARTS) is 1. The monoisotopic (exact) mass is 186 g/mol. The fraction of sp³-hybridized carbons (Fsp3) is 0.857. The van der Waals surface area contributed by atoms with E-state index in [-0.39, 0.29) is 44.0 Å². The van der Waals surface area contributed by atoms with Crippen molar-refractivity contribution in [3.8, 4) is 0 Å². The number of hydrogen-bond donors (Lipinski definition) is 3. The third-order valence-corrected chi connectivity index (χ3v) is 1.42. The second-order valence-electron chi connectivity index (χ2n) is 2.43. The van der Waals surface area contributed by atoms with E-state index in [4.69, 9.17) is 15.3 Å². The van der Waals surface area contributed by atoms with Crippen LogP contribution in [0.2, 0.25) is 0 Å². The van der Waals surface area contributed by atoms with Crippen LogP contribution in [0, 0.1) is 0 Å². The Morgan fingerprint density at radius 1 is 1.33 bits per heavy atom. The number of carboxylic acids is 1. The predicted molar refractivity (Wildman–Crippen MR) is 40.3 cm³/mol. The molecule has 0 aliphatic carbocycles. The van der Waals surface area contributed by atoms with Crippen LogP contribution in [0.1, 0.15) is 27.1 Å². The molecule has 0 aliphatic heterocycles. The minimum absolute atomic E-state index is 0. The Morgan fingerprint density at radius 3 is 2.33 bits per heavy atom. The van der Waals surface area contributed by atoms with Gasteiger partial charge in [0, 0.05) is 6.61 Å². The van der Waals surface area contributed by atoms with Gasteiger partial charge >= 0.3 is 35.5 Å². The second kappa shape index (κ2) is 9.48. The molecule has 0 aromatic carbocycles. The number of unbranched alkanes of at least 4 members (excludes halogenated alkanes) is 2. The molecule has 0 aromatic heterocycles. The Balaban J connectivity index is -0.000000500. The summed E-state index contributed by atoms with van der Waals surface area (Å²) in [4.78, 5) is 10.1. The van der Waals surface area contributed by atoms with Crippen molar-refractivity contribution in [2.24, 2.45) is 0 Å². The Hall–Kier alpha value is 0.390. The number of hydrogen-bond acceptors (Lipinski definition) is 3. The third kappa shape index (κ3) is 8.49. The van der Waals surface area contributed by atoms with E-state index in [1.54, 1.807) is 0 Å². The van der Waals surface area contributed by atoms with E-state index in [1.807, 2.05) is 0 Å². The molecule has 12 heavy (non-hydrogen) atoms. The van der Waals surface area contributed by atoms with Gasteiger partial charge in [0.1, 0.15) is 0 Å². The summed E-state index contributed by atoms with van der Waals surface area (Å²) in [7, 11) is 0. The van der Waals surface area contributed by atoms with Gasteiger partial charge < -0.3 is 16.7 Å². The number of carbonyl (C=O) groups is 1. The SMILES string of the molecule is O=C(O)C(O)CCCCCO.[H-].[Na+]. The molecule has 1 unspecified atom stereocenters. The van der Waals surface area contributed by atoms with Crippen LogP contribution in [-0.4, -0.2) is 34.0 Å². The first kappa shape index (κ1) is 14.9. The van der Waals surface area contributed by atoms with Gasteiger partial charge in [-0.1, -0.05) is 12.8 Å². The van der Waals surface area contributed by atoms with Crippen molar-refractivity contribution in [3.05, 3.63) is 0 Å². The molecule has 5 heteroatoms. The summed E-state index contributed by atoms with van der Waals surface area (Å²) in [5, 5.41) is 25.4. The molecule has 0 fully saturated rings. The second-order valence-corrected chi connectivity index (χ2v) is 2.43. The van der Waals surface area contributed by atoms with Crippen molar-refractivity contribution < 1.29 is 51.1 Å². The molecule has 1 atom stereocenters. The van der Waals surface area contributed by atoms with Gasteiger partial charge in [0.15, 0.2) is 6.10 Å². The number of rotatable bonds is 6. The van der Waals surface area contributed by atoms with E-state index in [9.17, 15) is 4.79 Å². The van der Waals surface area contributed by atoms with Gasteiger partial charge in [-0.3, -0.25) is 0 Å². The van der Waals surface area contributed by atoms with Crippen LogP contribution >= 0.6 is 0 Å². The van der Waals surface area contributed by atoms with Crippen LogP contribution in [-0.2, 0) is 4.79 Å². The van der Waals surface area contributed by atoms with Crippen LogP contribution in [0.15, 0.2) is 0 Å². The standard InChI is InChI=1S/C7H14O4.Na.H/c8-5-3-1-2-4-6(9)7(10)11;;/h6,8-9H,1-5H2,(H,10,11);;/q;+1;-1. The molecule has 0 radical (unpaired) electrons. The van der Waals surface area contributed by atoms with Crippen LogP contribution in [0.5, 0.6) is 0 Å². The fourth-order valence-corrected chi connectivity index (χ4v) is 0.750. The number of aliphatic hydroxyl groups excluding tert-OH is 2. The van der Waals surface area contributed by atoms with E-state index in [0.717, 1.165) is 6.42 Å². The average molecular weight is 186 g/mol. The first-order valence-corrected chi connectivity index (χ1v) is 3.70. The van der Waals surface area contributed by atoms with E-state index in [2.05, 4.69) is 0 Å². The molecule has 0 aromatic rings. The normalized spacial score (nSPS) is 11.8. The van der Waals surface area contributed by atoms with Gasteiger partial charge in [0.2, 0.25) is 0 Å². The van der Waals surface area contributed by atoms with Crippen molar-refractivity contribution in [1.82, 2.24) is 0 Å². The maximum Gasteiger partial charge on any atom is 1.00 e. The first-order chi connectivity index (χ1) is 5.18. The number of aliphatic hydroxyl groups is 2. The van der Waals surface area contributed by atoms with Crippen molar-refractivity contribution >= 4 is 5.97 Å². The van der Waals surface area contributed by atoms with Crippen LogP contribution in [0.25, 0.3) is 0 Å². The molecule has 0 spiro atoms. The molecule has 0 amide bonds. The van der Waals surface area contributed by atoms with Gasteiger partial charge in [0.25, 0.3) is 0 Å². The molecule has 68 valence electrons. The Bertz CT molecular complexity index is 123. The smallest absolute Gasteiger partial charge is 1.00 e. The van der Waals surface area contributed by atoms with Gasteiger partial charge in [0.05, 0.1) is 0 Å². The molecule has 0 saturated carbocycles. The minimum Gasteiger partial charge on any atom is -1.00 e. The zero-order chi connectivity index (χ0) is 8.69. The average Bonchev–Trinajstić information content (AvgIpc) is 1.97. The zero-order valence-electron chi connectivity index (χ0n) is 8.36. The predicted octanol–water partition coefficient (Wildman–Crippen LogP) is -2.90. The van der Waals surface area contributed by atoms with Crippen molar-refractivity contribution in [1.29, 1.82) is 0 Å². The molecule has 0 rings (SSSR count). The van der Waals surface area contributed by atoms with Crippen LogP contribution in [0.3, 0.4) is 0 Å². The van der Waals surface area contributed by atoms with Gasteiger partial charge in [-0.2, -0.15) is 0 Å². The molecular formula is C7H15NaO4. The quantitative estimate of drug-likeness (QED) is 0.307. The van der Waals surface area contributed by atoms with Gasteiger partial charge in [-0.15, -0.1) is 0 Å². The summed E-state index contributed by atoms with van der Waals surface area (Å²) >= 11 is 0. The van der Waals surface area contributed by atoms with Crippen LogP contribution < -0.4 is 29.6 Å². The van der Waals surface area contributed by atoms with Crippen molar-refractivity contribution in [2.45, 2.75) is 31.8 Å². The van der Waals surface area contributed by atoms with Crippen molar-refractivity contribution in [2.75, 3.05) is 6.61 Å².